The molecule has 1 aliphatic heterocycles. The molecule has 0 bridgehead atoms. The lowest BCUT2D eigenvalue weighted by Crippen LogP contribution is -2.51. The Balaban J connectivity index is 0.00000264. The van der Waals surface area contributed by atoms with E-state index < -0.39 is 10.0 Å². The number of carbonyl (C=O) groups excluding carboxylic acids is 1. The van der Waals surface area contributed by atoms with Crippen molar-refractivity contribution in [1.82, 2.24) is 10.6 Å². The van der Waals surface area contributed by atoms with Crippen molar-refractivity contribution in [3.05, 3.63) is 23.8 Å². The number of sulfonamides is 1. The summed E-state index contributed by atoms with van der Waals surface area (Å²) >= 11 is 0. The fourth-order valence-electron chi connectivity index (χ4n) is 2.53. The van der Waals surface area contributed by atoms with Gasteiger partial charge in [0.05, 0.1) is 17.6 Å². The first-order valence-corrected chi connectivity index (χ1v) is 8.62. The van der Waals surface area contributed by atoms with Gasteiger partial charge in [0.15, 0.2) is 0 Å². The molecule has 4 N–H and O–H groups in total. The largest absolute Gasteiger partial charge is 0.496 e. The van der Waals surface area contributed by atoms with E-state index in [2.05, 4.69) is 10.6 Å². The number of piperidine rings is 1. The van der Waals surface area contributed by atoms with E-state index in [-0.39, 0.29) is 40.9 Å². The Morgan fingerprint density at radius 3 is 2.70 bits per heavy atom. The average Bonchev–Trinajstić information content (AvgIpc) is 2.48. The molecule has 0 aromatic heterocycles. The maximum atomic E-state index is 12.5. The van der Waals surface area contributed by atoms with Gasteiger partial charge in [0, 0.05) is 12.1 Å². The average molecular weight is 364 g/mol. The van der Waals surface area contributed by atoms with Gasteiger partial charge >= 0.3 is 0 Å². The Labute approximate surface area is 142 Å². The zero-order valence-corrected chi connectivity index (χ0v) is 14.7. The molecule has 1 saturated heterocycles. The Morgan fingerprint density at radius 2 is 2.13 bits per heavy atom. The van der Waals surface area contributed by atoms with Crippen LogP contribution in [-0.4, -0.2) is 40.1 Å². The van der Waals surface area contributed by atoms with Gasteiger partial charge in [-0.05, 0) is 44.5 Å². The zero-order chi connectivity index (χ0) is 16.3. The number of primary sulfonamides is 1. The summed E-state index contributed by atoms with van der Waals surface area (Å²) in [6.45, 7) is 2.93. The van der Waals surface area contributed by atoms with E-state index in [0.717, 1.165) is 19.4 Å². The highest BCUT2D eigenvalue weighted by atomic mass is 35.5. The molecule has 1 fully saturated rings. The van der Waals surface area contributed by atoms with Crippen LogP contribution in [0.15, 0.2) is 23.1 Å². The molecule has 0 spiro atoms. The molecule has 0 aliphatic carbocycles. The van der Waals surface area contributed by atoms with Gasteiger partial charge in [0.1, 0.15) is 5.75 Å². The summed E-state index contributed by atoms with van der Waals surface area (Å²) < 4.78 is 28.0. The van der Waals surface area contributed by atoms with Crippen LogP contribution in [0.5, 0.6) is 5.75 Å². The van der Waals surface area contributed by atoms with E-state index in [1.165, 1.54) is 25.3 Å². The van der Waals surface area contributed by atoms with Crippen molar-refractivity contribution in [2.45, 2.75) is 36.7 Å². The lowest BCUT2D eigenvalue weighted by atomic mass is 9.99. The lowest BCUT2D eigenvalue weighted by molar-refractivity contribution is 0.0916. The number of hydrogen-bond acceptors (Lipinski definition) is 5. The molecule has 0 radical (unpaired) electrons. The van der Waals surface area contributed by atoms with Gasteiger partial charge in [0.2, 0.25) is 10.0 Å². The monoisotopic (exact) mass is 363 g/mol. The highest BCUT2D eigenvalue weighted by molar-refractivity contribution is 7.89. The molecule has 0 saturated carbocycles. The van der Waals surface area contributed by atoms with Crippen molar-refractivity contribution in [2.24, 2.45) is 5.14 Å². The maximum Gasteiger partial charge on any atom is 0.255 e. The molecule has 1 aliphatic rings. The fraction of sp³-hybridized carbons (Fsp3) is 0.500. The van der Waals surface area contributed by atoms with Gasteiger partial charge < -0.3 is 15.4 Å². The first-order chi connectivity index (χ1) is 10.3. The van der Waals surface area contributed by atoms with Gasteiger partial charge in [-0.15, -0.1) is 12.4 Å². The molecule has 1 aromatic rings. The minimum absolute atomic E-state index is 0. The SMILES string of the molecule is COc1ccc(S(N)(=O)=O)cc1C(=O)NC1CCCNC1C.Cl. The summed E-state index contributed by atoms with van der Waals surface area (Å²) in [4.78, 5) is 12.3. The number of rotatable bonds is 4. The van der Waals surface area contributed by atoms with E-state index in [1.54, 1.807) is 0 Å². The summed E-state index contributed by atoms with van der Waals surface area (Å²) in [7, 11) is -2.45. The number of nitrogens with two attached hydrogens (primary N) is 1. The number of carbonyl (C=O) groups is 1. The lowest BCUT2D eigenvalue weighted by Gasteiger charge is -2.30. The van der Waals surface area contributed by atoms with E-state index in [9.17, 15) is 13.2 Å². The molecule has 2 rings (SSSR count). The summed E-state index contributed by atoms with van der Waals surface area (Å²) in [5.74, 6) is -0.0655. The highest BCUT2D eigenvalue weighted by Gasteiger charge is 2.25. The predicted octanol–water partition coefficient (Wildman–Crippen LogP) is 0.635. The normalized spacial score (nSPS) is 21.2. The summed E-state index contributed by atoms with van der Waals surface area (Å²) in [5.41, 5.74) is 0.159. The van der Waals surface area contributed by atoms with E-state index in [1.807, 2.05) is 6.92 Å². The molecule has 1 aromatic carbocycles. The van der Waals surface area contributed by atoms with Crippen LogP contribution in [-0.2, 0) is 10.0 Å². The van der Waals surface area contributed by atoms with Crippen LogP contribution in [0.2, 0.25) is 0 Å². The molecule has 130 valence electrons. The molecule has 9 heteroatoms. The van der Waals surface area contributed by atoms with E-state index in [0.29, 0.717) is 5.75 Å². The molecular weight excluding hydrogens is 342 g/mol. The Bertz CT molecular complexity index is 666. The van der Waals surface area contributed by atoms with Crippen molar-refractivity contribution in [1.29, 1.82) is 0 Å². The number of halogens is 1. The van der Waals surface area contributed by atoms with Gasteiger partial charge in [-0.1, -0.05) is 0 Å². The van der Waals surface area contributed by atoms with Crippen molar-refractivity contribution in [2.75, 3.05) is 13.7 Å². The Morgan fingerprint density at radius 1 is 1.43 bits per heavy atom. The van der Waals surface area contributed by atoms with Crippen molar-refractivity contribution >= 4 is 28.3 Å². The molecule has 1 heterocycles. The molecule has 2 atom stereocenters. The van der Waals surface area contributed by atoms with E-state index in [4.69, 9.17) is 9.88 Å². The Hall–Kier alpha value is -1.35. The third kappa shape index (κ3) is 4.81. The smallest absolute Gasteiger partial charge is 0.255 e. The van der Waals surface area contributed by atoms with Crippen LogP contribution in [0.3, 0.4) is 0 Å². The molecule has 1 amide bonds. The van der Waals surface area contributed by atoms with Crippen LogP contribution in [0.25, 0.3) is 0 Å². The number of nitrogens with one attached hydrogen (secondary N) is 2. The van der Waals surface area contributed by atoms with Crippen molar-refractivity contribution in [3.63, 3.8) is 0 Å². The van der Waals surface area contributed by atoms with Crippen LogP contribution >= 0.6 is 12.4 Å². The van der Waals surface area contributed by atoms with Crippen molar-refractivity contribution in [3.8, 4) is 5.75 Å². The third-order valence-corrected chi connectivity index (χ3v) is 4.73. The molecule has 23 heavy (non-hydrogen) atoms. The predicted molar refractivity (Wildman–Crippen MR) is 89.6 cm³/mol. The first kappa shape index (κ1) is 19.7. The first-order valence-electron chi connectivity index (χ1n) is 7.08. The summed E-state index contributed by atoms with van der Waals surface area (Å²) in [6.07, 6.45) is 1.85. The minimum atomic E-state index is -3.88. The standard InChI is InChI=1S/C14H21N3O4S.ClH/c1-9-12(4-3-7-16-9)17-14(18)11-8-10(22(15,19)20)5-6-13(11)21-2;/h5-6,8-9,12,16H,3-4,7H2,1-2H3,(H,17,18)(H2,15,19,20);1H. The van der Waals surface area contributed by atoms with Crippen LogP contribution in [0, 0.1) is 0 Å². The van der Waals surface area contributed by atoms with Gasteiger partial charge in [0.25, 0.3) is 5.91 Å². The van der Waals surface area contributed by atoms with Gasteiger partial charge in [-0.25, -0.2) is 13.6 Å². The number of amides is 1. The number of hydrogen-bond donors (Lipinski definition) is 3. The fourth-order valence-corrected chi connectivity index (χ4v) is 3.07. The number of ether oxygens (including phenoxy) is 1. The highest BCUT2D eigenvalue weighted by Crippen LogP contribution is 2.22. The molecule has 7 nitrogen and oxygen atoms in total. The maximum absolute atomic E-state index is 12.5. The summed E-state index contributed by atoms with van der Waals surface area (Å²) in [6, 6.07) is 4.13. The second kappa shape index (κ2) is 7.96. The van der Waals surface area contributed by atoms with Crippen LogP contribution in [0.4, 0.5) is 0 Å². The summed E-state index contributed by atoms with van der Waals surface area (Å²) in [5, 5.41) is 11.3. The van der Waals surface area contributed by atoms with Gasteiger partial charge in [-0.2, -0.15) is 0 Å². The second-order valence-electron chi connectivity index (χ2n) is 5.37. The zero-order valence-electron chi connectivity index (χ0n) is 13.0. The van der Waals surface area contributed by atoms with Crippen LogP contribution in [0.1, 0.15) is 30.1 Å². The van der Waals surface area contributed by atoms with Crippen molar-refractivity contribution < 1.29 is 17.9 Å². The second-order valence-corrected chi connectivity index (χ2v) is 6.93. The third-order valence-electron chi connectivity index (χ3n) is 3.82. The van der Waals surface area contributed by atoms with E-state index >= 15 is 0 Å². The minimum Gasteiger partial charge on any atom is -0.496 e. The Kier molecular flexibility index (Phi) is 6.82. The van der Waals surface area contributed by atoms with Gasteiger partial charge in [-0.3, -0.25) is 4.79 Å². The number of benzene rings is 1. The van der Waals surface area contributed by atoms with Crippen LogP contribution < -0.4 is 20.5 Å². The quantitative estimate of drug-likeness (QED) is 0.726. The molecule has 2 unspecified atom stereocenters. The molecular formula is C14H22ClN3O4S. The number of methoxy groups -OCH3 is 1. The topological polar surface area (TPSA) is 111 Å².